The van der Waals surface area contributed by atoms with Gasteiger partial charge in [0.15, 0.2) is 0 Å². The average molecular weight is 994 g/mol. The number of esters is 1. The fraction of sp³-hybridized carbons (Fsp3) is 0.736. The van der Waals surface area contributed by atoms with Gasteiger partial charge in [-0.15, -0.1) is 0 Å². The fourth-order valence-corrected chi connectivity index (χ4v) is 7.26. The summed E-state index contributed by atoms with van der Waals surface area (Å²) in [6.45, 7) is 14.3. The Labute approximate surface area is 418 Å². The average Bonchev–Trinajstić information content (AvgIpc) is 3.70. The SMILES string of the molecule is CCCCCCCCCCCC(=O)OCCOCCOCCOCCOCCOCCOCCOCCOCCOCCOCCOCCOCCNC(=O)OCC1c2ccccc2-c2ccccc21. The maximum absolute atomic E-state index is 12.3. The second-order valence-corrected chi connectivity index (χ2v) is 16.4. The van der Waals surface area contributed by atoms with E-state index in [1.807, 2.05) is 24.3 Å². The first-order chi connectivity index (χ1) is 34.7. The van der Waals surface area contributed by atoms with Crippen LogP contribution in [0.4, 0.5) is 4.79 Å². The van der Waals surface area contributed by atoms with E-state index in [-0.39, 0.29) is 25.1 Å². The minimum Gasteiger partial charge on any atom is -0.463 e. The number of hydrogen-bond donors (Lipinski definition) is 1. The van der Waals surface area contributed by atoms with Crippen LogP contribution in [-0.2, 0) is 71.1 Å². The molecule has 0 radical (unpaired) electrons. The number of nitrogens with one attached hydrogen (secondary N) is 1. The summed E-state index contributed by atoms with van der Waals surface area (Å²) in [5.41, 5.74) is 4.76. The van der Waals surface area contributed by atoms with Crippen molar-refractivity contribution in [2.45, 2.75) is 77.0 Å². The predicted octanol–water partition coefficient (Wildman–Crippen LogP) is 7.19. The normalized spacial score (nSPS) is 12.1. The Morgan fingerprint density at radius 2 is 0.700 bits per heavy atom. The van der Waals surface area contributed by atoms with Gasteiger partial charge in [0.05, 0.1) is 159 Å². The Balaban J connectivity index is 0.897. The van der Waals surface area contributed by atoms with Gasteiger partial charge in [-0.05, 0) is 28.7 Å². The molecule has 400 valence electrons. The molecule has 0 aliphatic heterocycles. The fourth-order valence-electron chi connectivity index (χ4n) is 7.26. The Hall–Kier alpha value is -3.30. The minimum atomic E-state index is -0.456. The van der Waals surface area contributed by atoms with Crippen molar-refractivity contribution in [3.8, 4) is 11.1 Å². The Morgan fingerprint density at radius 1 is 0.386 bits per heavy atom. The zero-order valence-corrected chi connectivity index (χ0v) is 42.4. The van der Waals surface area contributed by atoms with Crippen molar-refractivity contribution in [1.82, 2.24) is 5.32 Å². The maximum Gasteiger partial charge on any atom is 0.407 e. The van der Waals surface area contributed by atoms with Crippen molar-refractivity contribution >= 4 is 12.1 Å². The summed E-state index contributed by atoms with van der Waals surface area (Å²) in [6.07, 6.45) is 11.1. The minimum absolute atomic E-state index is 0.0315. The third-order valence-corrected chi connectivity index (χ3v) is 10.9. The van der Waals surface area contributed by atoms with E-state index in [0.717, 1.165) is 12.8 Å². The van der Waals surface area contributed by atoms with Gasteiger partial charge in [-0.25, -0.2) is 4.79 Å². The third kappa shape index (κ3) is 32.6. The molecule has 0 heterocycles. The highest BCUT2D eigenvalue weighted by Crippen LogP contribution is 2.44. The van der Waals surface area contributed by atoms with Gasteiger partial charge < -0.3 is 71.6 Å². The first kappa shape index (κ1) is 61.0. The van der Waals surface area contributed by atoms with Crippen molar-refractivity contribution in [2.75, 3.05) is 178 Å². The third-order valence-electron chi connectivity index (χ3n) is 10.9. The van der Waals surface area contributed by atoms with Crippen molar-refractivity contribution < 1.29 is 75.9 Å². The lowest BCUT2D eigenvalue weighted by molar-refractivity contribution is -0.145. The van der Waals surface area contributed by atoms with Crippen LogP contribution in [0.25, 0.3) is 11.1 Å². The molecular weight excluding hydrogens is 907 g/mol. The molecule has 2 aromatic rings. The molecule has 1 aliphatic carbocycles. The number of benzene rings is 2. The first-order valence-corrected chi connectivity index (χ1v) is 25.9. The van der Waals surface area contributed by atoms with Crippen molar-refractivity contribution in [2.24, 2.45) is 0 Å². The smallest absolute Gasteiger partial charge is 0.407 e. The van der Waals surface area contributed by atoms with Crippen LogP contribution in [-0.4, -0.2) is 190 Å². The molecule has 0 unspecified atom stereocenters. The topological polar surface area (TPSA) is 175 Å². The molecule has 17 heteroatoms. The van der Waals surface area contributed by atoms with Crippen molar-refractivity contribution in [3.63, 3.8) is 0 Å². The number of alkyl carbamates (subject to hydrolysis) is 1. The quantitative estimate of drug-likeness (QED) is 0.0520. The van der Waals surface area contributed by atoms with Gasteiger partial charge in [0.25, 0.3) is 0 Å². The molecule has 3 rings (SSSR count). The molecule has 2 aromatic carbocycles. The van der Waals surface area contributed by atoms with Crippen LogP contribution in [0.2, 0.25) is 0 Å². The Bertz CT molecular complexity index is 1480. The number of carbonyl (C=O) groups is 2. The van der Waals surface area contributed by atoms with Gasteiger partial charge >= 0.3 is 12.1 Å². The summed E-state index contributed by atoms with van der Waals surface area (Å²) < 4.78 is 77.0. The van der Waals surface area contributed by atoms with E-state index >= 15 is 0 Å². The van der Waals surface area contributed by atoms with E-state index in [0.29, 0.717) is 172 Å². The van der Waals surface area contributed by atoms with Gasteiger partial charge in [-0.3, -0.25) is 4.79 Å². The zero-order valence-electron chi connectivity index (χ0n) is 42.4. The number of rotatable bonds is 51. The summed E-state index contributed by atoms with van der Waals surface area (Å²) in [7, 11) is 0. The molecule has 0 atom stereocenters. The van der Waals surface area contributed by atoms with Crippen LogP contribution in [0.15, 0.2) is 48.5 Å². The van der Waals surface area contributed by atoms with E-state index in [4.69, 9.17) is 66.3 Å². The van der Waals surface area contributed by atoms with Gasteiger partial charge in [0.1, 0.15) is 13.2 Å². The highest BCUT2D eigenvalue weighted by atomic mass is 16.6. The molecule has 0 saturated heterocycles. The van der Waals surface area contributed by atoms with E-state index in [9.17, 15) is 9.59 Å². The van der Waals surface area contributed by atoms with E-state index in [1.165, 1.54) is 67.2 Å². The Morgan fingerprint density at radius 3 is 1.07 bits per heavy atom. The van der Waals surface area contributed by atoms with Crippen LogP contribution < -0.4 is 5.32 Å². The van der Waals surface area contributed by atoms with Gasteiger partial charge in [0, 0.05) is 18.9 Å². The Kier molecular flexibility index (Phi) is 39.7. The molecule has 70 heavy (non-hydrogen) atoms. The highest BCUT2D eigenvalue weighted by Gasteiger charge is 2.29. The van der Waals surface area contributed by atoms with E-state index < -0.39 is 6.09 Å². The molecule has 0 aromatic heterocycles. The number of hydrogen-bond acceptors (Lipinski definition) is 16. The summed E-state index contributed by atoms with van der Waals surface area (Å²) in [6, 6.07) is 16.5. The lowest BCUT2D eigenvalue weighted by Crippen LogP contribution is -2.29. The largest absolute Gasteiger partial charge is 0.463 e. The lowest BCUT2D eigenvalue weighted by Gasteiger charge is -2.14. The first-order valence-electron chi connectivity index (χ1n) is 25.9. The van der Waals surface area contributed by atoms with Gasteiger partial charge in [-0.1, -0.05) is 107 Å². The van der Waals surface area contributed by atoms with E-state index in [1.54, 1.807) is 0 Å². The predicted molar refractivity (Wildman–Crippen MR) is 266 cm³/mol. The monoisotopic (exact) mass is 994 g/mol. The van der Waals surface area contributed by atoms with Crippen molar-refractivity contribution in [3.05, 3.63) is 59.7 Å². The van der Waals surface area contributed by atoms with Crippen LogP contribution in [0.1, 0.15) is 88.2 Å². The molecule has 1 N–H and O–H groups in total. The second-order valence-electron chi connectivity index (χ2n) is 16.4. The molecule has 0 saturated carbocycles. The molecule has 17 nitrogen and oxygen atoms in total. The summed E-state index contributed by atoms with van der Waals surface area (Å²) in [5, 5.41) is 2.75. The molecule has 1 amide bonds. The zero-order chi connectivity index (χ0) is 49.5. The molecule has 0 fully saturated rings. The number of fused-ring (bicyclic) bond motifs is 3. The molecule has 0 spiro atoms. The molecule has 1 aliphatic rings. The highest BCUT2D eigenvalue weighted by molar-refractivity contribution is 5.79. The van der Waals surface area contributed by atoms with Crippen molar-refractivity contribution in [1.29, 1.82) is 0 Å². The van der Waals surface area contributed by atoms with Gasteiger partial charge in [-0.2, -0.15) is 0 Å². The lowest BCUT2D eigenvalue weighted by atomic mass is 9.98. The summed E-state index contributed by atoms with van der Waals surface area (Å²) in [5.74, 6) is -0.110. The number of ether oxygens (including phenoxy) is 14. The summed E-state index contributed by atoms with van der Waals surface area (Å²) in [4.78, 5) is 24.1. The van der Waals surface area contributed by atoms with Crippen LogP contribution in [0, 0.1) is 0 Å². The van der Waals surface area contributed by atoms with E-state index in [2.05, 4.69) is 36.5 Å². The summed E-state index contributed by atoms with van der Waals surface area (Å²) >= 11 is 0. The second kappa shape index (κ2) is 45.6. The number of unbranched alkanes of at least 4 members (excludes halogenated alkanes) is 8. The van der Waals surface area contributed by atoms with Crippen LogP contribution in [0.5, 0.6) is 0 Å². The van der Waals surface area contributed by atoms with Crippen LogP contribution in [0.3, 0.4) is 0 Å². The maximum atomic E-state index is 12.3. The van der Waals surface area contributed by atoms with Crippen LogP contribution >= 0.6 is 0 Å². The standard InChI is InChI=1S/C53H87NO16/c1-2-3-4-5-6-7-8-9-10-19-52(55)69-45-44-68-43-42-67-41-40-66-39-38-65-37-36-64-35-34-63-33-32-62-31-30-61-29-28-60-27-26-59-25-24-58-23-22-57-21-20-54-53(56)70-46-51-49-17-13-11-15-47(49)48-16-12-14-18-50(48)51/h11-18,51H,2-10,19-46H2,1H3,(H,54,56). The number of carbonyl (C=O) groups excluding carboxylic acids is 2. The molecule has 0 bridgehead atoms. The number of amides is 1. The van der Waals surface area contributed by atoms with Gasteiger partial charge in [0.2, 0.25) is 0 Å². The molecular formula is C53H87NO16.